The Hall–Kier alpha value is -1.56. The lowest BCUT2D eigenvalue weighted by molar-refractivity contribution is -0.153. The molecule has 0 aliphatic rings. The fraction of sp³-hybridized carbons (Fsp3) is 0.429. The maximum absolute atomic E-state index is 12.0. The normalized spacial score (nSPS) is 11.0. The Morgan fingerprint density at radius 1 is 1.40 bits per heavy atom. The third-order valence-corrected chi connectivity index (χ3v) is 3.27. The average molecular weight is 343 g/mol. The molecule has 0 saturated heterocycles. The van der Waals surface area contributed by atoms with E-state index in [2.05, 4.69) is 21.2 Å². The van der Waals surface area contributed by atoms with Crippen LogP contribution < -0.4 is 11.1 Å². The Bertz CT molecular complexity index is 515. The van der Waals surface area contributed by atoms with E-state index >= 15 is 0 Å². The second kappa shape index (κ2) is 6.74. The molecule has 1 rings (SSSR count). The molecule has 1 amide bonds. The molecule has 1 aromatic carbocycles. The zero-order chi connectivity index (χ0) is 15.3. The Balaban J connectivity index is 2.70. The highest BCUT2D eigenvalue weighted by Gasteiger charge is 2.29. The predicted octanol–water partition coefficient (Wildman–Crippen LogP) is 2.35. The Labute approximate surface area is 127 Å². The number of benzene rings is 1. The number of halogens is 1. The first-order valence-electron chi connectivity index (χ1n) is 6.28. The SMILES string of the molecule is CCOC(=O)C(C)(C)CNC(=O)c1ccc(Br)cc1N. The van der Waals surface area contributed by atoms with Gasteiger partial charge in [0.1, 0.15) is 0 Å². The van der Waals surface area contributed by atoms with Crippen LogP contribution in [0.2, 0.25) is 0 Å². The molecule has 0 aliphatic carbocycles. The summed E-state index contributed by atoms with van der Waals surface area (Å²) in [5.74, 6) is -0.656. The first-order valence-corrected chi connectivity index (χ1v) is 7.07. The number of nitrogens with two attached hydrogens (primary N) is 1. The first kappa shape index (κ1) is 16.5. The zero-order valence-corrected chi connectivity index (χ0v) is 13.4. The Morgan fingerprint density at radius 2 is 2.05 bits per heavy atom. The summed E-state index contributed by atoms with van der Waals surface area (Å²) < 4.78 is 5.77. The van der Waals surface area contributed by atoms with Gasteiger partial charge < -0.3 is 15.8 Å². The number of hydrogen-bond donors (Lipinski definition) is 2. The van der Waals surface area contributed by atoms with Gasteiger partial charge in [0.05, 0.1) is 17.6 Å². The number of nitrogens with one attached hydrogen (secondary N) is 1. The summed E-state index contributed by atoms with van der Waals surface area (Å²) in [5.41, 5.74) is 5.77. The van der Waals surface area contributed by atoms with E-state index < -0.39 is 5.41 Å². The second-order valence-corrected chi connectivity index (χ2v) is 5.93. The van der Waals surface area contributed by atoms with Crippen molar-refractivity contribution in [3.8, 4) is 0 Å². The van der Waals surface area contributed by atoms with Crippen LogP contribution in [0.25, 0.3) is 0 Å². The number of anilines is 1. The van der Waals surface area contributed by atoms with Gasteiger partial charge in [-0.05, 0) is 39.0 Å². The second-order valence-electron chi connectivity index (χ2n) is 5.02. The summed E-state index contributed by atoms with van der Waals surface area (Å²) in [7, 11) is 0. The van der Waals surface area contributed by atoms with E-state index in [-0.39, 0.29) is 18.4 Å². The molecule has 0 aromatic heterocycles. The Morgan fingerprint density at radius 3 is 2.60 bits per heavy atom. The van der Waals surface area contributed by atoms with E-state index in [1.807, 2.05) is 0 Å². The number of amides is 1. The quantitative estimate of drug-likeness (QED) is 0.635. The fourth-order valence-electron chi connectivity index (χ4n) is 1.54. The lowest BCUT2D eigenvalue weighted by atomic mass is 9.93. The Kier molecular flexibility index (Phi) is 5.56. The maximum atomic E-state index is 12.0. The minimum absolute atomic E-state index is 0.181. The molecule has 0 heterocycles. The van der Waals surface area contributed by atoms with Crippen molar-refractivity contribution in [1.82, 2.24) is 5.32 Å². The van der Waals surface area contributed by atoms with Gasteiger partial charge in [-0.2, -0.15) is 0 Å². The number of carbonyl (C=O) groups excluding carboxylic acids is 2. The third kappa shape index (κ3) is 4.23. The van der Waals surface area contributed by atoms with Gasteiger partial charge in [0.15, 0.2) is 0 Å². The van der Waals surface area contributed by atoms with E-state index in [1.165, 1.54) is 0 Å². The average Bonchev–Trinajstić information content (AvgIpc) is 2.36. The van der Waals surface area contributed by atoms with Crippen LogP contribution in [0.1, 0.15) is 31.1 Å². The molecular weight excluding hydrogens is 324 g/mol. The fourth-order valence-corrected chi connectivity index (χ4v) is 1.91. The molecule has 3 N–H and O–H groups in total. The van der Waals surface area contributed by atoms with E-state index in [9.17, 15) is 9.59 Å². The number of carbonyl (C=O) groups is 2. The van der Waals surface area contributed by atoms with Gasteiger partial charge in [-0.25, -0.2) is 0 Å². The lowest BCUT2D eigenvalue weighted by Crippen LogP contribution is -2.40. The first-order chi connectivity index (χ1) is 9.27. The number of esters is 1. The molecule has 5 nitrogen and oxygen atoms in total. The lowest BCUT2D eigenvalue weighted by Gasteiger charge is -2.22. The molecule has 0 aliphatic heterocycles. The van der Waals surface area contributed by atoms with Crippen molar-refractivity contribution in [1.29, 1.82) is 0 Å². The molecule has 0 fully saturated rings. The molecule has 0 radical (unpaired) electrons. The highest BCUT2D eigenvalue weighted by Crippen LogP contribution is 2.20. The maximum Gasteiger partial charge on any atom is 0.313 e. The summed E-state index contributed by atoms with van der Waals surface area (Å²) in [6.45, 7) is 5.68. The summed E-state index contributed by atoms with van der Waals surface area (Å²) >= 11 is 3.28. The van der Waals surface area contributed by atoms with Crippen LogP contribution in [0.15, 0.2) is 22.7 Å². The van der Waals surface area contributed by atoms with E-state index in [4.69, 9.17) is 10.5 Å². The number of ether oxygens (including phenoxy) is 1. The summed E-state index contributed by atoms with van der Waals surface area (Å²) in [5, 5.41) is 2.70. The van der Waals surface area contributed by atoms with Crippen LogP contribution in [-0.2, 0) is 9.53 Å². The van der Waals surface area contributed by atoms with Crippen LogP contribution >= 0.6 is 15.9 Å². The molecule has 6 heteroatoms. The molecule has 0 bridgehead atoms. The van der Waals surface area contributed by atoms with Gasteiger partial charge in [-0.3, -0.25) is 9.59 Å². The molecule has 20 heavy (non-hydrogen) atoms. The minimum Gasteiger partial charge on any atom is -0.466 e. The minimum atomic E-state index is -0.782. The third-order valence-electron chi connectivity index (χ3n) is 2.78. The van der Waals surface area contributed by atoms with Gasteiger partial charge in [-0.1, -0.05) is 15.9 Å². The van der Waals surface area contributed by atoms with Gasteiger partial charge in [0.2, 0.25) is 0 Å². The highest BCUT2D eigenvalue weighted by atomic mass is 79.9. The molecule has 0 saturated carbocycles. The molecule has 0 spiro atoms. The molecular formula is C14H19BrN2O3. The van der Waals surface area contributed by atoms with Crippen molar-refractivity contribution in [3.05, 3.63) is 28.2 Å². The van der Waals surface area contributed by atoms with Crippen LogP contribution in [0.4, 0.5) is 5.69 Å². The van der Waals surface area contributed by atoms with Crippen LogP contribution in [0, 0.1) is 5.41 Å². The van der Waals surface area contributed by atoms with Crippen molar-refractivity contribution in [2.45, 2.75) is 20.8 Å². The van der Waals surface area contributed by atoms with Crippen LogP contribution in [-0.4, -0.2) is 25.0 Å². The van der Waals surface area contributed by atoms with E-state index in [1.54, 1.807) is 39.0 Å². The van der Waals surface area contributed by atoms with Gasteiger partial charge in [0.25, 0.3) is 5.91 Å². The van der Waals surface area contributed by atoms with Crippen molar-refractivity contribution in [3.63, 3.8) is 0 Å². The smallest absolute Gasteiger partial charge is 0.313 e. The number of rotatable bonds is 5. The number of nitrogen functional groups attached to an aromatic ring is 1. The van der Waals surface area contributed by atoms with E-state index in [0.29, 0.717) is 17.9 Å². The standard InChI is InChI=1S/C14H19BrN2O3/c1-4-20-13(19)14(2,3)8-17-12(18)10-6-5-9(15)7-11(10)16/h5-7H,4,8,16H2,1-3H3,(H,17,18). The summed E-state index contributed by atoms with van der Waals surface area (Å²) in [6, 6.07) is 5.03. The predicted molar refractivity (Wildman–Crippen MR) is 81.3 cm³/mol. The van der Waals surface area contributed by atoms with Crippen molar-refractivity contribution >= 4 is 33.5 Å². The van der Waals surface area contributed by atoms with Crippen LogP contribution in [0.3, 0.4) is 0 Å². The molecule has 110 valence electrons. The van der Waals surface area contributed by atoms with Crippen molar-refractivity contribution < 1.29 is 14.3 Å². The molecule has 0 unspecified atom stereocenters. The van der Waals surface area contributed by atoms with Crippen molar-refractivity contribution in [2.24, 2.45) is 5.41 Å². The topological polar surface area (TPSA) is 81.4 Å². The highest BCUT2D eigenvalue weighted by molar-refractivity contribution is 9.10. The monoisotopic (exact) mass is 342 g/mol. The van der Waals surface area contributed by atoms with E-state index in [0.717, 1.165) is 4.47 Å². The van der Waals surface area contributed by atoms with Gasteiger partial charge >= 0.3 is 5.97 Å². The number of hydrogen-bond acceptors (Lipinski definition) is 4. The van der Waals surface area contributed by atoms with Gasteiger partial charge in [-0.15, -0.1) is 0 Å². The molecule has 0 atom stereocenters. The van der Waals surface area contributed by atoms with Gasteiger partial charge in [0, 0.05) is 16.7 Å². The summed E-state index contributed by atoms with van der Waals surface area (Å²) in [4.78, 5) is 23.8. The van der Waals surface area contributed by atoms with Crippen LogP contribution in [0.5, 0.6) is 0 Å². The summed E-state index contributed by atoms with van der Waals surface area (Å²) in [6.07, 6.45) is 0. The van der Waals surface area contributed by atoms with Crippen molar-refractivity contribution in [2.75, 3.05) is 18.9 Å². The largest absolute Gasteiger partial charge is 0.466 e. The zero-order valence-electron chi connectivity index (χ0n) is 11.8. The molecule has 1 aromatic rings.